The van der Waals surface area contributed by atoms with E-state index < -0.39 is 0 Å². The van der Waals surface area contributed by atoms with Gasteiger partial charge in [0.1, 0.15) is 5.01 Å². The first kappa shape index (κ1) is 19.1. The van der Waals surface area contributed by atoms with Gasteiger partial charge < -0.3 is 10.2 Å². The third-order valence-electron chi connectivity index (χ3n) is 5.84. The fraction of sp³-hybridized carbons (Fsp3) is 0.524. The number of rotatable bonds is 6. The molecule has 1 aliphatic carbocycles. The Labute approximate surface area is 169 Å². The topological polar surface area (TPSA) is 75.2 Å². The maximum Gasteiger partial charge on any atom is 0.231 e. The fourth-order valence-corrected chi connectivity index (χ4v) is 5.10. The van der Waals surface area contributed by atoms with Gasteiger partial charge >= 0.3 is 0 Å². The number of aromatic nitrogens is 2. The lowest BCUT2D eigenvalue weighted by atomic mass is 9.98. The van der Waals surface area contributed by atoms with Crippen LogP contribution in [0.4, 0.5) is 5.13 Å². The van der Waals surface area contributed by atoms with E-state index in [-0.39, 0.29) is 17.7 Å². The summed E-state index contributed by atoms with van der Waals surface area (Å²) in [5.41, 5.74) is 1.26. The number of carbonyl (C=O) groups is 2. The van der Waals surface area contributed by atoms with Crippen LogP contribution in [0, 0.1) is 5.92 Å². The van der Waals surface area contributed by atoms with Crippen LogP contribution in [0.15, 0.2) is 30.3 Å². The molecule has 0 unspecified atom stereocenters. The molecule has 2 aliphatic rings. The van der Waals surface area contributed by atoms with Gasteiger partial charge in [0.25, 0.3) is 0 Å². The van der Waals surface area contributed by atoms with Crippen LogP contribution < -0.4 is 5.32 Å². The van der Waals surface area contributed by atoms with Crippen LogP contribution in [0.25, 0.3) is 0 Å². The Morgan fingerprint density at radius 3 is 2.75 bits per heavy atom. The summed E-state index contributed by atoms with van der Waals surface area (Å²) in [5.74, 6) is 0.0446. The summed E-state index contributed by atoms with van der Waals surface area (Å²) in [6, 6.07) is 10.6. The maximum absolute atomic E-state index is 12.6. The van der Waals surface area contributed by atoms with Gasteiger partial charge in [-0.3, -0.25) is 9.59 Å². The van der Waals surface area contributed by atoms with Crippen molar-refractivity contribution >= 4 is 28.3 Å². The summed E-state index contributed by atoms with van der Waals surface area (Å²) in [4.78, 5) is 26.9. The average Bonchev–Trinajstić information content (AvgIpc) is 3.44. The summed E-state index contributed by atoms with van der Waals surface area (Å²) in [6.07, 6.45) is 5.59. The molecular formula is C21H26N4O2S. The number of amides is 2. The van der Waals surface area contributed by atoms with Crippen molar-refractivity contribution < 1.29 is 9.59 Å². The van der Waals surface area contributed by atoms with E-state index in [1.165, 1.54) is 29.7 Å². The molecule has 6 nitrogen and oxygen atoms in total. The lowest BCUT2D eigenvalue weighted by Crippen LogP contribution is -2.35. The Bertz CT molecular complexity index is 832. The van der Waals surface area contributed by atoms with Gasteiger partial charge in [-0.15, -0.1) is 10.2 Å². The number of carbonyl (C=O) groups excluding carboxylic acids is 2. The van der Waals surface area contributed by atoms with E-state index in [1.54, 1.807) is 0 Å². The zero-order valence-electron chi connectivity index (χ0n) is 16.1. The van der Waals surface area contributed by atoms with Crippen molar-refractivity contribution in [1.29, 1.82) is 0 Å². The van der Waals surface area contributed by atoms with E-state index in [4.69, 9.17) is 0 Å². The first-order chi connectivity index (χ1) is 13.6. The van der Waals surface area contributed by atoms with Gasteiger partial charge in [0.05, 0.1) is 5.92 Å². The van der Waals surface area contributed by atoms with Crippen molar-refractivity contribution in [2.24, 2.45) is 5.92 Å². The standard InChI is InChI=1S/C21H26N4O2S/c1-14(15-7-3-2-4-8-15)11-18-23-24-21(28-18)22-20(27)16-12-19(26)25(13-16)17-9-5-6-10-17/h2-4,7-8,14,16-17H,5-6,9-13H2,1H3,(H,22,24,27)/t14-,16-/m0/s1. The number of nitrogens with zero attached hydrogens (tertiary/aromatic N) is 3. The smallest absolute Gasteiger partial charge is 0.231 e. The number of benzene rings is 1. The molecule has 0 bridgehead atoms. The first-order valence-corrected chi connectivity index (χ1v) is 10.9. The van der Waals surface area contributed by atoms with Crippen LogP contribution in [0.1, 0.15) is 55.5 Å². The van der Waals surface area contributed by atoms with Crippen molar-refractivity contribution in [3.8, 4) is 0 Å². The molecule has 1 saturated heterocycles. The minimum atomic E-state index is -0.288. The van der Waals surface area contributed by atoms with Crippen molar-refractivity contribution in [3.63, 3.8) is 0 Å². The molecule has 148 valence electrons. The van der Waals surface area contributed by atoms with E-state index in [0.29, 0.717) is 30.1 Å². The van der Waals surface area contributed by atoms with Crippen LogP contribution in [0.2, 0.25) is 0 Å². The second-order valence-corrected chi connectivity index (χ2v) is 8.95. The Kier molecular flexibility index (Phi) is 5.71. The number of likely N-dealkylation sites (tertiary alicyclic amines) is 1. The second-order valence-electron chi connectivity index (χ2n) is 7.89. The number of hydrogen-bond acceptors (Lipinski definition) is 5. The molecule has 0 radical (unpaired) electrons. The Morgan fingerprint density at radius 2 is 2.00 bits per heavy atom. The third-order valence-corrected chi connectivity index (χ3v) is 6.70. The molecule has 1 aromatic heterocycles. The molecule has 2 amide bonds. The summed E-state index contributed by atoms with van der Waals surface area (Å²) in [5, 5.41) is 12.7. The lowest BCUT2D eigenvalue weighted by Gasteiger charge is -2.23. The second kappa shape index (κ2) is 8.39. The molecule has 0 spiro atoms. The molecule has 7 heteroatoms. The van der Waals surface area contributed by atoms with Gasteiger partial charge in [-0.2, -0.15) is 0 Å². The average molecular weight is 399 g/mol. The van der Waals surface area contributed by atoms with E-state index in [2.05, 4.69) is 34.6 Å². The van der Waals surface area contributed by atoms with Gasteiger partial charge in [-0.25, -0.2) is 0 Å². The van der Waals surface area contributed by atoms with E-state index in [9.17, 15) is 9.59 Å². The quantitative estimate of drug-likeness (QED) is 0.806. The Morgan fingerprint density at radius 1 is 1.25 bits per heavy atom. The molecular weight excluding hydrogens is 372 g/mol. The molecule has 2 aromatic rings. The highest BCUT2D eigenvalue weighted by Crippen LogP contribution is 2.30. The minimum absolute atomic E-state index is 0.113. The molecule has 1 saturated carbocycles. The van der Waals surface area contributed by atoms with Crippen LogP contribution in [-0.4, -0.2) is 39.5 Å². The molecule has 1 aliphatic heterocycles. The summed E-state index contributed by atoms with van der Waals surface area (Å²) in [7, 11) is 0. The van der Waals surface area contributed by atoms with E-state index in [0.717, 1.165) is 24.3 Å². The minimum Gasteiger partial charge on any atom is -0.339 e. The number of nitrogens with one attached hydrogen (secondary N) is 1. The predicted molar refractivity (Wildman–Crippen MR) is 109 cm³/mol. The maximum atomic E-state index is 12.6. The van der Waals surface area contributed by atoms with Crippen molar-refractivity contribution in [2.75, 3.05) is 11.9 Å². The van der Waals surface area contributed by atoms with E-state index >= 15 is 0 Å². The molecule has 28 heavy (non-hydrogen) atoms. The van der Waals surface area contributed by atoms with Gasteiger partial charge in [0, 0.05) is 25.4 Å². The van der Waals surface area contributed by atoms with Crippen molar-refractivity contribution in [1.82, 2.24) is 15.1 Å². The van der Waals surface area contributed by atoms with Gasteiger partial charge in [-0.05, 0) is 24.3 Å². The summed E-state index contributed by atoms with van der Waals surface area (Å²) in [6.45, 7) is 2.70. The number of hydrogen-bond donors (Lipinski definition) is 1. The highest BCUT2D eigenvalue weighted by atomic mass is 32.1. The molecule has 1 aromatic carbocycles. The van der Waals surface area contributed by atoms with Gasteiger partial charge in [0.2, 0.25) is 16.9 Å². The van der Waals surface area contributed by atoms with Crippen LogP contribution in [0.5, 0.6) is 0 Å². The van der Waals surface area contributed by atoms with Crippen LogP contribution in [-0.2, 0) is 16.0 Å². The first-order valence-electron chi connectivity index (χ1n) is 10.1. The Hall–Kier alpha value is -2.28. The number of anilines is 1. The fourth-order valence-electron chi connectivity index (χ4n) is 4.23. The highest BCUT2D eigenvalue weighted by molar-refractivity contribution is 7.15. The molecule has 2 heterocycles. The monoisotopic (exact) mass is 398 g/mol. The molecule has 4 rings (SSSR count). The highest BCUT2D eigenvalue weighted by Gasteiger charge is 2.38. The molecule has 2 atom stereocenters. The normalized spacial score (nSPS) is 21.2. The SMILES string of the molecule is C[C@@H](Cc1nnc(NC(=O)[C@H]2CC(=O)N(C3CCCC3)C2)s1)c1ccccc1. The Balaban J connectivity index is 1.32. The molecule has 2 fully saturated rings. The van der Waals surface area contributed by atoms with Crippen molar-refractivity contribution in [3.05, 3.63) is 40.9 Å². The predicted octanol–water partition coefficient (Wildman–Crippen LogP) is 3.61. The zero-order valence-corrected chi connectivity index (χ0v) is 17.0. The largest absolute Gasteiger partial charge is 0.339 e. The van der Waals surface area contributed by atoms with Gasteiger partial charge in [-0.1, -0.05) is 61.4 Å². The molecule has 1 N–H and O–H groups in total. The van der Waals surface area contributed by atoms with E-state index in [1.807, 2.05) is 23.1 Å². The zero-order chi connectivity index (χ0) is 19.5. The summed E-state index contributed by atoms with van der Waals surface area (Å²) < 4.78 is 0. The van der Waals surface area contributed by atoms with Crippen LogP contribution >= 0.6 is 11.3 Å². The third kappa shape index (κ3) is 4.24. The van der Waals surface area contributed by atoms with Gasteiger partial charge in [0.15, 0.2) is 0 Å². The van der Waals surface area contributed by atoms with Crippen molar-refractivity contribution in [2.45, 2.75) is 57.4 Å². The lowest BCUT2D eigenvalue weighted by molar-refractivity contribution is -0.129. The van der Waals surface area contributed by atoms with Crippen LogP contribution in [0.3, 0.4) is 0 Å². The summed E-state index contributed by atoms with van der Waals surface area (Å²) >= 11 is 1.42.